The van der Waals surface area contributed by atoms with Gasteiger partial charge < -0.3 is 15.2 Å². The molecule has 6 heteroatoms. The number of amides is 1. The van der Waals surface area contributed by atoms with E-state index in [2.05, 4.69) is 10.3 Å². The summed E-state index contributed by atoms with van der Waals surface area (Å²) in [6.07, 6.45) is -0.487. The molecule has 0 saturated heterocycles. The van der Waals surface area contributed by atoms with Crippen molar-refractivity contribution in [2.24, 2.45) is 0 Å². The molecule has 126 valence electrons. The third kappa shape index (κ3) is 5.08. The van der Waals surface area contributed by atoms with Gasteiger partial charge in [-0.15, -0.1) is 0 Å². The first kappa shape index (κ1) is 17.5. The number of nitrogens with zero attached hydrogens (tertiary/aromatic N) is 1. The standard InChI is InChI=1S/C18H20N2O4/c1-18(2,3)24-17(23)19-11-12-6-4-7-13(10-12)14-8-5-9-15(20-14)16(21)22/h4-10H,11H2,1-3H3,(H,19,23)(H,21,22). The lowest BCUT2D eigenvalue weighted by atomic mass is 10.1. The van der Waals surface area contributed by atoms with Crippen LogP contribution in [0.3, 0.4) is 0 Å². The Kier molecular flexibility index (Phi) is 5.18. The van der Waals surface area contributed by atoms with Crippen LogP contribution in [0, 0.1) is 0 Å². The van der Waals surface area contributed by atoms with Crippen molar-refractivity contribution in [2.75, 3.05) is 0 Å². The van der Waals surface area contributed by atoms with Gasteiger partial charge in [-0.25, -0.2) is 14.6 Å². The minimum atomic E-state index is -1.07. The molecule has 2 rings (SSSR count). The summed E-state index contributed by atoms with van der Waals surface area (Å²) in [5, 5.41) is 11.7. The molecule has 2 aromatic rings. The largest absolute Gasteiger partial charge is 0.477 e. The lowest BCUT2D eigenvalue weighted by Gasteiger charge is -2.19. The molecule has 1 amide bonds. The smallest absolute Gasteiger partial charge is 0.407 e. The van der Waals surface area contributed by atoms with Gasteiger partial charge in [-0.05, 0) is 44.5 Å². The van der Waals surface area contributed by atoms with Crippen molar-refractivity contribution in [3.63, 3.8) is 0 Å². The normalized spacial score (nSPS) is 11.0. The third-order valence-corrected chi connectivity index (χ3v) is 3.03. The van der Waals surface area contributed by atoms with Crippen molar-refractivity contribution in [1.29, 1.82) is 0 Å². The highest BCUT2D eigenvalue weighted by atomic mass is 16.6. The molecule has 0 atom stereocenters. The topological polar surface area (TPSA) is 88.5 Å². The SMILES string of the molecule is CC(C)(C)OC(=O)NCc1cccc(-c2cccc(C(=O)O)n2)c1. The van der Waals surface area contributed by atoms with Crippen LogP contribution in [-0.2, 0) is 11.3 Å². The van der Waals surface area contributed by atoms with Crippen LogP contribution in [0.15, 0.2) is 42.5 Å². The maximum atomic E-state index is 11.7. The number of aromatic carboxylic acids is 1. The van der Waals surface area contributed by atoms with E-state index in [-0.39, 0.29) is 5.69 Å². The third-order valence-electron chi connectivity index (χ3n) is 3.03. The Bertz CT molecular complexity index is 751. The molecular formula is C18H20N2O4. The fraction of sp³-hybridized carbons (Fsp3) is 0.278. The number of carboxylic acids is 1. The van der Waals surface area contributed by atoms with Gasteiger partial charge in [0.2, 0.25) is 0 Å². The molecule has 2 N–H and O–H groups in total. The second kappa shape index (κ2) is 7.12. The van der Waals surface area contributed by atoms with Crippen LogP contribution in [0.4, 0.5) is 4.79 Å². The highest BCUT2D eigenvalue weighted by Gasteiger charge is 2.15. The van der Waals surface area contributed by atoms with E-state index in [9.17, 15) is 9.59 Å². The van der Waals surface area contributed by atoms with Crippen LogP contribution >= 0.6 is 0 Å². The van der Waals surface area contributed by atoms with Gasteiger partial charge in [0.25, 0.3) is 0 Å². The number of nitrogens with one attached hydrogen (secondary N) is 1. The quantitative estimate of drug-likeness (QED) is 0.897. The van der Waals surface area contributed by atoms with Crippen LogP contribution in [0.1, 0.15) is 36.8 Å². The van der Waals surface area contributed by atoms with Crippen molar-refractivity contribution >= 4 is 12.1 Å². The molecule has 0 saturated carbocycles. The minimum absolute atomic E-state index is 0.00946. The first-order valence-electron chi connectivity index (χ1n) is 7.51. The minimum Gasteiger partial charge on any atom is -0.477 e. The van der Waals surface area contributed by atoms with Gasteiger partial charge in [0, 0.05) is 12.1 Å². The zero-order chi connectivity index (χ0) is 17.7. The number of carboxylic acid groups (broad SMARTS) is 1. The number of rotatable bonds is 4. The Morgan fingerprint density at radius 2 is 1.88 bits per heavy atom. The summed E-state index contributed by atoms with van der Waals surface area (Å²) in [5.74, 6) is -1.07. The van der Waals surface area contributed by atoms with Gasteiger partial charge >= 0.3 is 12.1 Å². The van der Waals surface area contributed by atoms with E-state index < -0.39 is 17.7 Å². The van der Waals surface area contributed by atoms with E-state index in [1.165, 1.54) is 6.07 Å². The number of carbonyl (C=O) groups is 2. The predicted molar refractivity (Wildman–Crippen MR) is 89.7 cm³/mol. The van der Waals surface area contributed by atoms with Crippen molar-refractivity contribution in [3.05, 3.63) is 53.7 Å². The Balaban J connectivity index is 2.10. The Morgan fingerprint density at radius 3 is 2.54 bits per heavy atom. The fourth-order valence-corrected chi connectivity index (χ4v) is 2.04. The molecule has 24 heavy (non-hydrogen) atoms. The lowest BCUT2D eigenvalue weighted by molar-refractivity contribution is 0.0523. The highest BCUT2D eigenvalue weighted by Crippen LogP contribution is 2.19. The van der Waals surface area contributed by atoms with Crippen molar-refractivity contribution in [2.45, 2.75) is 32.9 Å². The van der Waals surface area contributed by atoms with Crippen LogP contribution in [0.25, 0.3) is 11.3 Å². The van der Waals surface area contributed by atoms with E-state index in [0.717, 1.165) is 11.1 Å². The zero-order valence-electron chi connectivity index (χ0n) is 13.9. The molecular weight excluding hydrogens is 308 g/mol. The summed E-state index contributed by atoms with van der Waals surface area (Å²) >= 11 is 0. The molecule has 0 bridgehead atoms. The Hall–Kier alpha value is -2.89. The van der Waals surface area contributed by atoms with E-state index in [1.54, 1.807) is 32.9 Å². The summed E-state index contributed by atoms with van der Waals surface area (Å²) in [7, 11) is 0. The summed E-state index contributed by atoms with van der Waals surface area (Å²) in [4.78, 5) is 26.8. The number of hydrogen-bond donors (Lipinski definition) is 2. The highest BCUT2D eigenvalue weighted by molar-refractivity contribution is 5.86. The first-order chi connectivity index (χ1) is 11.2. The average molecular weight is 328 g/mol. The van der Waals surface area contributed by atoms with Gasteiger partial charge in [-0.3, -0.25) is 0 Å². The second-order valence-corrected chi connectivity index (χ2v) is 6.27. The summed E-state index contributed by atoms with van der Waals surface area (Å²) in [6, 6.07) is 12.2. The Labute approximate surface area is 140 Å². The first-order valence-corrected chi connectivity index (χ1v) is 7.51. The molecule has 0 aliphatic heterocycles. The predicted octanol–water partition coefficient (Wildman–Crippen LogP) is 3.47. The number of alkyl carbamates (subject to hydrolysis) is 1. The molecule has 1 aromatic carbocycles. The van der Waals surface area contributed by atoms with E-state index in [1.807, 2.05) is 24.3 Å². The molecule has 0 aliphatic rings. The maximum Gasteiger partial charge on any atom is 0.407 e. The number of ether oxygens (including phenoxy) is 1. The lowest BCUT2D eigenvalue weighted by Crippen LogP contribution is -2.32. The van der Waals surface area contributed by atoms with Gasteiger partial charge in [0.1, 0.15) is 11.3 Å². The molecule has 0 aliphatic carbocycles. The number of benzene rings is 1. The molecule has 0 spiro atoms. The van der Waals surface area contributed by atoms with Crippen molar-refractivity contribution in [3.8, 4) is 11.3 Å². The number of carbonyl (C=O) groups excluding carboxylic acids is 1. The number of hydrogen-bond acceptors (Lipinski definition) is 4. The number of aromatic nitrogens is 1. The van der Waals surface area contributed by atoms with E-state index in [0.29, 0.717) is 12.2 Å². The van der Waals surface area contributed by atoms with Gasteiger partial charge in [-0.1, -0.05) is 24.3 Å². The summed E-state index contributed by atoms with van der Waals surface area (Å²) < 4.78 is 5.19. The second-order valence-electron chi connectivity index (χ2n) is 6.27. The summed E-state index contributed by atoms with van der Waals surface area (Å²) in [5.41, 5.74) is 1.65. The number of pyridine rings is 1. The van der Waals surface area contributed by atoms with Gasteiger partial charge in [-0.2, -0.15) is 0 Å². The van der Waals surface area contributed by atoms with Gasteiger partial charge in [0.05, 0.1) is 5.69 Å². The maximum absolute atomic E-state index is 11.7. The van der Waals surface area contributed by atoms with Crippen molar-refractivity contribution < 1.29 is 19.4 Å². The van der Waals surface area contributed by atoms with Crippen LogP contribution in [-0.4, -0.2) is 27.8 Å². The summed E-state index contributed by atoms with van der Waals surface area (Å²) in [6.45, 7) is 5.71. The van der Waals surface area contributed by atoms with Crippen LogP contribution < -0.4 is 5.32 Å². The molecule has 0 unspecified atom stereocenters. The fourth-order valence-electron chi connectivity index (χ4n) is 2.04. The zero-order valence-corrected chi connectivity index (χ0v) is 13.9. The Morgan fingerprint density at radius 1 is 1.17 bits per heavy atom. The molecule has 0 radical (unpaired) electrons. The monoisotopic (exact) mass is 328 g/mol. The molecule has 0 fully saturated rings. The van der Waals surface area contributed by atoms with Gasteiger partial charge in [0.15, 0.2) is 0 Å². The van der Waals surface area contributed by atoms with Crippen molar-refractivity contribution in [1.82, 2.24) is 10.3 Å². The van der Waals surface area contributed by atoms with Crippen LogP contribution in [0.5, 0.6) is 0 Å². The molecule has 6 nitrogen and oxygen atoms in total. The van der Waals surface area contributed by atoms with Crippen LogP contribution in [0.2, 0.25) is 0 Å². The molecule has 1 heterocycles. The average Bonchev–Trinajstić information content (AvgIpc) is 2.52. The molecule has 1 aromatic heterocycles. The van der Waals surface area contributed by atoms with E-state index >= 15 is 0 Å². The van der Waals surface area contributed by atoms with E-state index in [4.69, 9.17) is 9.84 Å².